The van der Waals surface area contributed by atoms with Gasteiger partial charge in [-0.2, -0.15) is 0 Å². The molecule has 2 aromatic carbocycles. The third-order valence-corrected chi connectivity index (χ3v) is 4.62. The van der Waals surface area contributed by atoms with Crippen molar-refractivity contribution in [3.8, 4) is 11.5 Å². The number of ether oxygens (including phenoxy) is 2. The van der Waals surface area contributed by atoms with Crippen LogP contribution in [0.4, 0.5) is 0 Å². The number of amidine groups is 1. The predicted molar refractivity (Wildman–Crippen MR) is 108 cm³/mol. The summed E-state index contributed by atoms with van der Waals surface area (Å²) in [4.78, 5) is 0. The maximum absolute atomic E-state index is 7.48. The SMILES string of the molecule is N=C(N)c1cccc(OC[C@H](N)Cc2ccc(OC3CCNCC3)cc2)c1. The second-order valence-electron chi connectivity index (χ2n) is 6.93. The molecule has 3 rings (SSSR count). The Morgan fingerprint density at radius 1 is 1.11 bits per heavy atom. The van der Waals surface area contributed by atoms with E-state index in [1.165, 1.54) is 0 Å². The maximum atomic E-state index is 7.48. The van der Waals surface area contributed by atoms with E-state index < -0.39 is 0 Å². The highest BCUT2D eigenvalue weighted by atomic mass is 16.5. The molecule has 0 spiro atoms. The fourth-order valence-electron chi connectivity index (χ4n) is 3.13. The van der Waals surface area contributed by atoms with E-state index >= 15 is 0 Å². The summed E-state index contributed by atoms with van der Waals surface area (Å²) in [7, 11) is 0. The summed E-state index contributed by atoms with van der Waals surface area (Å²) >= 11 is 0. The van der Waals surface area contributed by atoms with Crippen LogP contribution in [0.2, 0.25) is 0 Å². The summed E-state index contributed by atoms with van der Waals surface area (Å²) < 4.78 is 11.8. The van der Waals surface area contributed by atoms with Crippen LogP contribution in [-0.4, -0.2) is 37.7 Å². The fraction of sp³-hybridized carbons (Fsp3) is 0.381. The van der Waals surface area contributed by atoms with E-state index in [0.29, 0.717) is 24.0 Å². The Kier molecular flexibility index (Phi) is 6.68. The van der Waals surface area contributed by atoms with Gasteiger partial charge in [0.15, 0.2) is 0 Å². The maximum Gasteiger partial charge on any atom is 0.122 e. The van der Waals surface area contributed by atoms with E-state index in [-0.39, 0.29) is 11.9 Å². The number of nitrogens with two attached hydrogens (primary N) is 2. The zero-order chi connectivity index (χ0) is 19.1. The Morgan fingerprint density at radius 2 is 1.85 bits per heavy atom. The molecule has 1 aliphatic heterocycles. The first-order valence-electron chi connectivity index (χ1n) is 9.39. The summed E-state index contributed by atoms with van der Waals surface area (Å²) in [5.74, 6) is 1.61. The molecule has 0 bridgehead atoms. The van der Waals surface area contributed by atoms with Gasteiger partial charge in [-0.1, -0.05) is 24.3 Å². The molecule has 0 unspecified atom stereocenters. The van der Waals surface area contributed by atoms with Gasteiger partial charge >= 0.3 is 0 Å². The lowest BCUT2D eigenvalue weighted by molar-refractivity contribution is 0.162. The van der Waals surface area contributed by atoms with Crippen LogP contribution >= 0.6 is 0 Å². The van der Waals surface area contributed by atoms with Gasteiger partial charge in [-0.25, -0.2) is 0 Å². The molecule has 1 heterocycles. The molecular weight excluding hydrogens is 340 g/mol. The van der Waals surface area contributed by atoms with Crippen LogP contribution in [-0.2, 0) is 6.42 Å². The molecule has 6 N–H and O–H groups in total. The lowest BCUT2D eigenvalue weighted by Gasteiger charge is -2.24. The number of nitrogen functional groups attached to an aromatic ring is 1. The van der Waals surface area contributed by atoms with Gasteiger partial charge in [0, 0.05) is 11.6 Å². The molecule has 2 aromatic rings. The van der Waals surface area contributed by atoms with Gasteiger partial charge in [-0.3, -0.25) is 5.41 Å². The van der Waals surface area contributed by atoms with Crippen LogP contribution in [0.15, 0.2) is 48.5 Å². The van der Waals surface area contributed by atoms with Crippen molar-refractivity contribution in [3.63, 3.8) is 0 Å². The molecule has 0 amide bonds. The molecule has 1 aliphatic rings. The van der Waals surface area contributed by atoms with Crippen LogP contribution < -0.4 is 26.3 Å². The minimum absolute atomic E-state index is 0.0246. The molecule has 0 saturated carbocycles. The van der Waals surface area contributed by atoms with Crippen molar-refractivity contribution < 1.29 is 9.47 Å². The number of piperidine rings is 1. The first-order valence-corrected chi connectivity index (χ1v) is 9.39. The van der Waals surface area contributed by atoms with Gasteiger partial charge in [-0.15, -0.1) is 0 Å². The Labute approximate surface area is 160 Å². The van der Waals surface area contributed by atoms with Gasteiger partial charge in [0.25, 0.3) is 0 Å². The molecule has 0 radical (unpaired) electrons. The summed E-state index contributed by atoms with van der Waals surface area (Å²) in [5.41, 5.74) is 13.5. The van der Waals surface area contributed by atoms with E-state index in [9.17, 15) is 0 Å². The number of rotatable bonds is 8. The molecule has 1 fully saturated rings. The first kappa shape index (κ1) is 19.2. The second kappa shape index (κ2) is 9.39. The second-order valence-corrected chi connectivity index (χ2v) is 6.93. The number of hydrogen-bond acceptors (Lipinski definition) is 5. The fourth-order valence-corrected chi connectivity index (χ4v) is 3.13. The molecule has 27 heavy (non-hydrogen) atoms. The van der Waals surface area contributed by atoms with E-state index in [1.54, 1.807) is 12.1 Å². The summed E-state index contributed by atoms with van der Waals surface area (Å²) in [6.45, 7) is 2.44. The van der Waals surface area contributed by atoms with Gasteiger partial charge in [-0.05, 0) is 62.2 Å². The molecule has 6 heteroatoms. The highest BCUT2D eigenvalue weighted by molar-refractivity contribution is 5.95. The zero-order valence-electron chi connectivity index (χ0n) is 15.5. The monoisotopic (exact) mass is 368 g/mol. The third-order valence-electron chi connectivity index (χ3n) is 4.62. The standard InChI is InChI=1S/C21H28N4O2/c22-17(14-26-20-3-1-2-16(13-20)21(23)24)12-15-4-6-18(7-5-15)27-19-8-10-25-11-9-19/h1-7,13,17,19,25H,8-12,14,22H2,(H3,23,24)/t17-/m1/s1. The minimum atomic E-state index is -0.123. The van der Waals surface area contributed by atoms with E-state index in [2.05, 4.69) is 17.4 Å². The molecule has 144 valence electrons. The lowest BCUT2D eigenvalue weighted by Crippen LogP contribution is -2.34. The number of nitrogens with one attached hydrogen (secondary N) is 2. The van der Waals surface area contributed by atoms with Gasteiger partial charge in [0.1, 0.15) is 30.0 Å². The van der Waals surface area contributed by atoms with Crippen molar-refractivity contribution in [2.45, 2.75) is 31.4 Å². The Balaban J connectivity index is 1.46. The summed E-state index contributed by atoms with van der Waals surface area (Å²) in [6, 6.07) is 15.2. The first-order chi connectivity index (χ1) is 13.1. The van der Waals surface area contributed by atoms with E-state index in [1.807, 2.05) is 24.3 Å². The third kappa shape index (κ3) is 5.98. The van der Waals surface area contributed by atoms with Gasteiger partial charge in [0.2, 0.25) is 0 Å². The van der Waals surface area contributed by atoms with Gasteiger partial charge < -0.3 is 26.3 Å². The van der Waals surface area contributed by atoms with Crippen LogP contribution in [0.5, 0.6) is 11.5 Å². The average molecular weight is 368 g/mol. The van der Waals surface area contributed by atoms with E-state index in [0.717, 1.165) is 43.7 Å². The highest BCUT2D eigenvalue weighted by Gasteiger charge is 2.14. The van der Waals surface area contributed by atoms with Crippen LogP contribution in [0.25, 0.3) is 0 Å². The lowest BCUT2D eigenvalue weighted by atomic mass is 10.1. The van der Waals surface area contributed by atoms with Crippen molar-refractivity contribution in [2.75, 3.05) is 19.7 Å². The number of hydrogen-bond donors (Lipinski definition) is 4. The van der Waals surface area contributed by atoms with Crippen molar-refractivity contribution in [3.05, 3.63) is 59.7 Å². The van der Waals surface area contributed by atoms with Crippen LogP contribution in [0.1, 0.15) is 24.0 Å². The van der Waals surface area contributed by atoms with Crippen LogP contribution in [0.3, 0.4) is 0 Å². The normalized spacial score (nSPS) is 15.9. The minimum Gasteiger partial charge on any atom is -0.492 e. The summed E-state index contributed by atoms with van der Waals surface area (Å²) in [5, 5.41) is 10.8. The topological polar surface area (TPSA) is 106 Å². The molecule has 0 aromatic heterocycles. The Morgan fingerprint density at radius 3 is 2.56 bits per heavy atom. The zero-order valence-corrected chi connectivity index (χ0v) is 15.5. The molecule has 1 saturated heterocycles. The van der Waals surface area contributed by atoms with Crippen molar-refractivity contribution >= 4 is 5.84 Å². The van der Waals surface area contributed by atoms with Crippen molar-refractivity contribution in [1.29, 1.82) is 5.41 Å². The Hall–Kier alpha value is -2.57. The van der Waals surface area contributed by atoms with Crippen molar-refractivity contribution in [1.82, 2.24) is 5.32 Å². The molecule has 6 nitrogen and oxygen atoms in total. The van der Waals surface area contributed by atoms with E-state index in [4.69, 9.17) is 26.4 Å². The molecule has 0 aliphatic carbocycles. The quantitative estimate of drug-likeness (QED) is 0.421. The van der Waals surface area contributed by atoms with Crippen LogP contribution in [0, 0.1) is 5.41 Å². The highest BCUT2D eigenvalue weighted by Crippen LogP contribution is 2.18. The smallest absolute Gasteiger partial charge is 0.122 e. The number of benzene rings is 2. The van der Waals surface area contributed by atoms with Gasteiger partial charge in [0.05, 0.1) is 0 Å². The van der Waals surface area contributed by atoms with Crippen molar-refractivity contribution in [2.24, 2.45) is 11.5 Å². The Bertz CT molecular complexity index is 742. The largest absolute Gasteiger partial charge is 0.492 e. The predicted octanol–water partition coefficient (Wildman–Crippen LogP) is 2.05. The molecular formula is C21H28N4O2. The molecule has 1 atom stereocenters. The average Bonchev–Trinajstić information content (AvgIpc) is 2.69. The summed E-state index contributed by atoms with van der Waals surface area (Å²) in [6.07, 6.45) is 3.13.